The van der Waals surface area contributed by atoms with Crippen molar-refractivity contribution < 1.29 is 0 Å². The van der Waals surface area contributed by atoms with Gasteiger partial charge >= 0.3 is 0 Å². The van der Waals surface area contributed by atoms with Gasteiger partial charge in [0.25, 0.3) is 0 Å². The predicted molar refractivity (Wildman–Crippen MR) is 333 cm³/mol. The molecule has 0 unspecified atom stereocenters. The minimum absolute atomic E-state index is 0.995. The second-order valence-corrected chi connectivity index (χ2v) is 21.2. The average molecular weight is 974 g/mol. The van der Waals surface area contributed by atoms with Crippen LogP contribution in [-0.2, 0) is 0 Å². The van der Waals surface area contributed by atoms with Crippen molar-refractivity contribution in [3.8, 4) is 22.3 Å². The molecule has 0 fully saturated rings. The van der Waals surface area contributed by atoms with Crippen molar-refractivity contribution in [1.29, 1.82) is 0 Å². The first-order chi connectivity index (χ1) is 38.2. The maximum absolute atomic E-state index is 2.59. The minimum Gasteiger partial charge on any atom is -0.309 e. The zero-order valence-corrected chi connectivity index (χ0v) is 42.2. The Labute approximate surface area is 445 Å². The molecule has 0 atom stereocenters. The SMILES string of the molecule is C1=CCCC(c2cc(-c3ccccc3)c(-c3ccccc3)c3c4ccc(N(c5ccc6c7cccc8cccc(c9cccc5c96)c87)c5ccc6c7cccc8cccc(c9cccc5c96)c87)cc4c4ccccc4c23)=C1. The van der Waals surface area contributed by atoms with E-state index in [4.69, 9.17) is 0 Å². The Kier molecular flexibility index (Phi) is 9.02. The molecule has 1 nitrogen and oxygen atoms in total. The highest BCUT2D eigenvalue weighted by molar-refractivity contribution is 6.37. The molecule has 1 aliphatic carbocycles. The van der Waals surface area contributed by atoms with Gasteiger partial charge in [0.2, 0.25) is 0 Å². The molecule has 17 rings (SSSR count). The van der Waals surface area contributed by atoms with Crippen molar-refractivity contribution in [2.45, 2.75) is 12.8 Å². The standard InChI is InChI=1S/C76H47N/c1-4-18-46(19-5-1)65-45-66(47-20-6-2-7-21-47)75-53-29-11-10-28-52(53)67-44-51(38-39-62(67)76(75)72(65)50-22-8-3-9-23-50)77(68-42-40-60-56-32-14-26-48-24-12-30-54(70(48)56)58-34-16-36-63(68)73(58)60)69-43-41-61-57-33-15-27-49-25-13-31-55(71(49)57)59-35-17-37-64(69)74(59)61/h1-6,8-20,22-45H,7,21H2. The Morgan fingerprint density at radius 1 is 0.286 bits per heavy atom. The summed E-state index contributed by atoms with van der Waals surface area (Å²) >= 11 is 0. The fourth-order valence-electron chi connectivity index (χ4n) is 14.2. The van der Waals surface area contributed by atoms with Gasteiger partial charge in [-0.05, 0) is 184 Å². The highest BCUT2D eigenvalue weighted by atomic mass is 15.1. The summed E-state index contributed by atoms with van der Waals surface area (Å²) in [5, 5.41) is 28.1. The van der Waals surface area contributed by atoms with Gasteiger partial charge in [-0.1, -0.05) is 231 Å². The predicted octanol–water partition coefficient (Wildman–Crippen LogP) is 21.8. The molecule has 1 aliphatic rings. The first-order valence-electron chi connectivity index (χ1n) is 27.1. The van der Waals surface area contributed by atoms with E-state index in [0.717, 1.165) is 29.9 Å². The van der Waals surface area contributed by atoms with Crippen LogP contribution in [0.1, 0.15) is 18.4 Å². The third kappa shape index (κ3) is 6.06. The normalized spacial score (nSPS) is 13.1. The number of allylic oxidation sites excluding steroid dienone is 4. The van der Waals surface area contributed by atoms with E-state index in [9.17, 15) is 0 Å². The monoisotopic (exact) mass is 973 g/mol. The molecule has 16 aromatic carbocycles. The quantitative estimate of drug-likeness (QED) is 0.119. The third-order valence-corrected chi connectivity index (χ3v) is 17.3. The van der Waals surface area contributed by atoms with Gasteiger partial charge in [0, 0.05) is 16.5 Å². The molecule has 0 aliphatic heterocycles. The van der Waals surface area contributed by atoms with Crippen LogP contribution in [0.3, 0.4) is 0 Å². The molecule has 0 bridgehead atoms. The summed E-state index contributed by atoms with van der Waals surface area (Å²) in [6.07, 6.45) is 8.93. The first kappa shape index (κ1) is 42.5. The summed E-state index contributed by atoms with van der Waals surface area (Å²) in [5.74, 6) is 0. The van der Waals surface area contributed by atoms with E-state index in [1.165, 1.54) is 152 Å². The van der Waals surface area contributed by atoms with Gasteiger partial charge in [-0.25, -0.2) is 0 Å². The molecule has 0 N–H and O–H groups in total. The Balaban J connectivity index is 1.03. The number of rotatable bonds is 6. The van der Waals surface area contributed by atoms with Gasteiger partial charge in [0.05, 0.1) is 11.4 Å². The Hall–Kier alpha value is -9.82. The Bertz CT molecular complexity index is 4910. The number of hydrogen-bond acceptors (Lipinski definition) is 1. The van der Waals surface area contributed by atoms with E-state index in [-0.39, 0.29) is 0 Å². The van der Waals surface area contributed by atoms with Crippen LogP contribution >= 0.6 is 0 Å². The molecule has 0 aromatic heterocycles. The van der Waals surface area contributed by atoms with Crippen molar-refractivity contribution in [1.82, 2.24) is 0 Å². The molecular weight excluding hydrogens is 927 g/mol. The maximum Gasteiger partial charge on any atom is 0.0540 e. The average Bonchev–Trinajstić information content (AvgIpc) is 3.59. The molecule has 0 amide bonds. The minimum atomic E-state index is 0.995. The first-order valence-corrected chi connectivity index (χ1v) is 27.1. The van der Waals surface area contributed by atoms with E-state index < -0.39 is 0 Å². The van der Waals surface area contributed by atoms with Gasteiger partial charge in [0.1, 0.15) is 0 Å². The van der Waals surface area contributed by atoms with Crippen LogP contribution in [-0.4, -0.2) is 0 Å². The number of benzene rings is 16. The lowest BCUT2D eigenvalue weighted by atomic mass is 9.80. The second-order valence-electron chi connectivity index (χ2n) is 21.2. The molecule has 0 saturated heterocycles. The highest BCUT2D eigenvalue weighted by Gasteiger charge is 2.27. The molecule has 0 radical (unpaired) electrons. The van der Waals surface area contributed by atoms with Gasteiger partial charge < -0.3 is 4.90 Å². The van der Waals surface area contributed by atoms with E-state index >= 15 is 0 Å². The highest BCUT2D eigenvalue weighted by Crippen LogP contribution is 2.53. The van der Waals surface area contributed by atoms with Crippen LogP contribution in [0, 0.1) is 0 Å². The lowest BCUT2D eigenvalue weighted by Crippen LogP contribution is -2.11. The fraction of sp³-hybridized carbons (Fsp3) is 0.0263. The summed E-state index contributed by atoms with van der Waals surface area (Å²) in [6.45, 7) is 0. The Morgan fingerprint density at radius 3 is 1.29 bits per heavy atom. The molecule has 0 spiro atoms. The fourth-order valence-corrected chi connectivity index (χ4v) is 14.2. The van der Waals surface area contributed by atoms with Crippen molar-refractivity contribution in [3.05, 3.63) is 266 Å². The number of nitrogens with zero attached hydrogens (tertiary/aromatic N) is 1. The summed E-state index contributed by atoms with van der Waals surface area (Å²) < 4.78 is 0. The summed E-state index contributed by atoms with van der Waals surface area (Å²) in [4.78, 5) is 2.59. The Morgan fingerprint density at radius 2 is 0.727 bits per heavy atom. The lowest BCUT2D eigenvalue weighted by molar-refractivity contribution is 1.06. The van der Waals surface area contributed by atoms with Crippen molar-refractivity contribution in [3.63, 3.8) is 0 Å². The second kappa shape index (κ2) is 16.3. The van der Waals surface area contributed by atoms with E-state index in [1.807, 2.05) is 0 Å². The van der Waals surface area contributed by atoms with Crippen LogP contribution < -0.4 is 4.90 Å². The molecule has 1 heteroatoms. The van der Waals surface area contributed by atoms with E-state index in [0.29, 0.717) is 0 Å². The number of hydrogen-bond donors (Lipinski definition) is 0. The zero-order chi connectivity index (χ0) is 50.3. The van der Waals surface area contributed by atoms with Gasteiger partial charge in [-0.3, -0.25) is 0 Å². The largest absolute Gasteiger partial charge is 0.309 e. The lowest BCUT2D eigenvalue weighted by Gasteiger charge is -2.30. The summed E-state index contributed by atoms with van der Waals surface area (Å²) in [5.41, 5.74) is 11.0. The molecule has 0 heterocycles. The van der Waals surface area contributed by atoms with Crippen LogP contribution in [0.5, 0.6) is 0 Å². The van der Waals surface area contributed by atoms with Gasteiger partial charge in [-0.15, -0.1) is 0 Å². The molecule has 0 saturated carbocycles. The third-order valence-electron chi connectivity index (χ3n) is 17.3. The number of fused-ring (bicyclic) bond motifs is 10. The number of anilines is 3. The maximum atomic E-state index is 2.59. The molecule has 16 aromatic rings. The summed E-state index contributed by atoms with van der Waals surface area (Å²) in [7, 11) is 0. The van der Waals surface area contributed by atoms with Crippen LogP contribution in [0.15, 0.2) is 261 Å². The van der Waals surface area contributed by atoms with Gasteiger partial charge in [-0.2, -0.15) is 0 Å². The van der Waals surface area contributed by atoms with Crippen LogP contribution in [0.2, 0.25) is 0 Å². The van der Waals surface area contributed by atoms with E-state index in [1.54, 1.807) is 0 Å². The van der Waals surface area contributed by atoms with Crippen molar-refractivity contribution >= 4 is 141 Å². The smallest absolute Gasteiger partial charge is 0.0540 e. The van der Waals surface area contributed by atoms with Crippen molar-refractivity contribution in [2.24, 2.45) is 0 Å². The van der Waals surface area contributed by atoms with Crippen molar-refractivity contribution in [2.75, 3.05) is 4.90 Å². The molecular formula is C76H47N. The van der Waals surface area contributed by atoms with Crippen LogP contribution in [0.25, 0.3) is 146 Å². The van der Waals surface area contributed by atoms with Gasteiger partial charge in [0.15, 0.2) is 0 Å². The summed E-state index contributed by atoms with van der Waals surface area (Å²) in [6, 6.07) is 92.0. The van der Waals surface area contributed by atoms with E-state index in [2.05, 4.69) is 266 Å². The zero-order valence-electron chi connectivity index (χ0n) is 42.2. The topological polar surface area (TPSA) is 3.24 Å². The van der Waals surface area contributed by atoms with Crippen LogP contribution in [0.4, 0.5) is 17.1 Å². The molecule has 77 heavy (non-hydrogen) atoms. The molecule has 356 valence electrons.